The SMILES string of the molecule is CCCCCC(CC)OC(=O)c1c(Cl)c(Cl)c(Cl)c(Cl)c1C(=O)OC(CC)CCCCC. The fraction of sp³-hybridized carbons (Fsp3) is 0.667. The summed E-state index contributed by atoms with van der Waals surface area (Å²) in [5.74, 6) is -1.52. The molecule has 0 heterocycles. The minimum Gasteiger partial charge on any atom is -0.459 e. The number of halogens is 4. The minimum absolute atomic E-state index is 0.101. The lowest BCUT2D eigenvalue weighted by atomic mass is 10.1. The Morgan fingerprint density at radius 2 is 0.969 bits per heavy atom. The molecule has 0 N–H and O–H groups in total. The van der Waals surface area contributed by atoms with Crippen LogP contribution >= 0.6 is 46.4 Å². The second-order valence-electron chi connectivity index (χ2n) is 7.87. The first-order chi connectivity index (χ1) is 15.2. The monoisotopic (exact) mass is 526 g/mol. The molecule has 0 amide bonds. The highest BCUT2D eigenvalue weighted by Gasteiger charge is 2.32. The van der Waals surface area contributed by atoms with Gasteiger partial charge in [-0.2, -0.15) is 0 Å². The highest BCUT2D eigenvalue weighted by molar-refractivity contribution is 6.54. The second kappa shape index (κ2) is 15.3. The van der Waals surface area contributed by atoms with E-state index in [1.165, 1.54) is 0 Å². The number of ether oxygens (including phenoxy) is 2. The van der Waals surface area contributed by atoms with Gasteiger partial charge in [-0.05, 0) is 38.5 Å². The summed E-state index contributed by atoms with van der Waals surface area (Å²) < 4.78 is 11.3. The van der Waals surface area contributed by atoms with Gasteiger partial charge in [0.25, 0.3) is 0 Å². The lowest BCUT2D eigenvalue weighted by Crippen LogP contribution is -2.23. The summed E-state index contributed by atoms with van der Waals surface area (Å²) in [7, 11) is 0. The van der Waals surface area contributed by atoms with Crippen LogP contribution in [0.1, 0.15) is 113 Å². The molecule has 0 aromatic heterocycles. The quantitative estimate of drug-likeness (QED) is 0.105. The molecule has 2 atom stereocenters. The van der Waals surface area contributed by atoms with Gasteiger partial charge in [-0.3, -0.25) is 0 Å². The molecule has 0 saturated heterocycles. The maximum atomic E-state index is 13.1. The maximum absolute atomic E-state index is 13.1. The molecule has 0 aliphatic carbocycles. The van der Waals surface area contributed by atoms with Crippen molar-refractivity contribution in [1.29, 1.82) is 0 Å². The van der Waals surface area contributed by atoms with Crippen LogP contribution < -0.4 is 0 Å². The molecule has 1 aromatic rings. The van der Waals surface area contributed by atoms with Gasteiger partial charge in [0.2, 0.25) is 0 Å². The Balaban J connectivity index is 3.25. The predicted octanol–water partition coefficient (Wildman–Crippen LogP) is 9.33. The first-order valence-corrected chi connectivity index (χ1v) is 13.0. The molecule has 0 spiro atoms. The molecule has 0 aliphatic heterocycles. The highest BCUT2D eigenvalue weighted by atomic mass is 35.5. The van der Waals surface area contributed by atoms with Gasteiger partial charge >= 0.3 is 11.9 Å². The zero-order chi connectivity index (χ0) is 24.3. The van der Waals surface area contributed by atoms with Crippen molar-refractivity contribution in [2.45, 2.75) is 104 Å². The summed E-state index contributed by atoms with van der Waals surface area (Å²) in [5, 5.41) is -0.535. The summed E-state index contributed by atoms with van der Waals surface area (Å²) in [5.41, 5.74) is -0.401. The average Bonchev–Trinajstić information content (AvgIpc) is 2.78. The third kappa shape index (κ3) is 8.27. The maximum Gasteiger partial charge on any atom is 0.340 e. The molecule has 1 aromatic carbocycles. The van der Waals surface area contributed by atoms with E-state index in [4.69, 9.17) is 55.9 Å². The molecule has 32 heavy (non-hydrogen) atoms. The van der Waals surface area contributed by atoms with Crippen LogP contribution in [0.15, 0.2) is 0 Å². The van der Waals surface area contributed by atoms with Crippen molar-refractivity contribution in [3.8, 4) is 0 Å². The normalized spacial score (nSPS) is 13.0. The van der Waals surface area contributed by atoms with Gasteiger partial charge in [0, 0.05) is 0 Å². The molecule has 0 saturated carbocycles. The standard InChI is InChI=1S/C24H34Cl4O4/c1-5-9-11-13-15(7-3)31-23(29)17-18(20(26)22(28)21(27)19(17)25)24(30)32-16(8-4)14-12-10-6-2/h15-16H,5-14H2,1-4H3. The van der Waals surface area contributed by atoms with Gasteiger partial charge < -0.3 is 9.47 Å². The average molecular weight is 528 g/mol. The number of unbranched alkanes of at least 4 members (excludes halogenated alkanes) is 4. The number of carbonyl (C=O) groups is 2. The van der Waals surface area contributed by atoms with Crippen molar-refractivity contribution in [2.24, 2.45) is 0 Å². The predicted molar refractivity (Wildman–Crippen MR) is 134 cm³/mol. The molecular formula is C24H34Cl4O4. The third-order valence-electron chi connectivity index (χ3n) is 5.39. The van der Waals surface area contributed by atoms with E-state index < -0.39 is 11.9 Å². The van der Waals surface area contributed by atoms with E-state index >= 15 is 0 Å². The van der Waals surface area contributed by atoms with E-state index in [9.17, 15) is 9.59 Å². The van der Waals surface area contributed by atoms with E-state index in [-0.39, 0.29) is 43.4 Å². The molecule has 1 rings (SSSR count). The summed E-state index contributed by atoms with van der Waals surface area (Å²) >= 11 is 25.1. The summed E-state index contributed by atoms with van der Waals surface area (Å²) in [4.78, 5) is 26.2. The summed E-state index contributed by atoms with van der Waals surface area (Å²) in [6, 6.07) is 0. The number of hydrogen-bond acceptors (Lipinski definition) is 4. The molecule has 0 radical (unpaired) electrons. The van der Waals surface area contributed by atoms with E-state index in [2.05, 4.69) is 13.8 Å². The summed E-state index contributed by atoms with van der Waals surface area (Å²) in [6.45, 7) is 8.08. The Bertz CT molecular complexity index is 704. The first kappa shape index (κ1) is 29.4. The fourth-order valence-electron chi connectivity index (χ4n) is 3.37. The Hall–Kier alpha value is -0.680. The van der Waals surface area contributed by atoms with Gasteiger partial charge in [0.05, 0.1) is 31.2 Å². The van der Waals surface area contributed by atoms with Crippen LogP contribution in [0.4, 0.5) is 0 Å². The second-order valence-corrected chi connectivity index (χ2v) is 9.38. The third-order valence-corrected chi connectivity index (χ3v) is 7.19. The first-order valence-electron chi connectivity index (χ1n) is 11.5. The molecular weight excluding hydrogens is 494 g/mol. The molecule has 4 nitrogen and oxygen atoms in total. The van der Waals surface area contributed by atoms with Crippen molar-refractivity contribution in [2.75, 3.05) is 0 Å². The van der Waals surface area contributed by atoms with Crippen molar-refractivity contribution in [3.05, 3.63) is 31.2 Å². The molecule has 2 unspecified atom stereocenters. The molecule has 0 bridgehead atoms. The zero-order valence-corrected chi connectivity index (χ0v) is 22.4. The Labute approximate surface area is 212 Å². The number of carbonyl (C=O) groups excluding carboxylic acids is 2. The molecule has 0 fully saturated rings. The number of rotatable bonds is 14. The van der Waals surface area contributed by atoms with Gasteiger partial charge in [-0.15, -0.1) is 0 Å². The van der Waals surface area contributed by atoms with E-state index in [1.54, 1.807) is 0 Å². The van der Waals surface area contributed by atoms with Gasteiger partial charge in [0.15, 0.2) is 0 Å². The molecule has 182 valence electrons. The lowest BCUT2D eigenvalue weighted by Gasteiger charge is -2.21. The van der Waals surface area contributed by atoms with Gasteiger partial charge in [-0.1, -0.05) is 99.8 Å². The fourth-order valence-corrected chi connectivity index (χ4v) is 4.38. The smallest absolute Gasteiger partial charge is 0.340 e. The van der Waals surface area contributed by atoms with Crippen LogP contribution in [0.25, 0.3) is 0 Å². The van der Waals surface area contributed by atoms with Crippen LogP contribution in [0.5, 0.6) is 0 Å². The topological polar surface area (TPSA) is 52.6 Å². The van der Waals surface area contributed by atoms with Crippen LogP contribution in [-0.2, 0) is 9.47 Å². The largest absolute Gasteiger partial charge is 0.459 e. The summed E-state index contributed by atoms with van der Waals surface area (Å²) in [6.07, 6.45) is 8.18. The highest BCUT2D eigenvalue weighted by Crippen LogP contribution is 2.42. The van der Waals surface area contributed by atoms with Gasteiger partial charge in [-0.25, -0.2) is 9.59 Å². The van der Waals surface area contributed by atoms with Crippen molar-refractivity contribution in [1.82, 2.24) is 0 Å². The number of hydrogen-bond donors (Lipinski definition) is 0. The molecule has 0 aliphatic rings. The molecule has 8 heteroatoms. The Morgan fingerprint density at radius 3 is 1.25 bits per heavy atom. The van der Waals surface area contributed by atoms with Crippen molar-refractivity contribution < 1.29 is 19.1 Å². The van der Waals surface area contributed by atoms with Crippen LogP contribution in [0.2, 0.25) is 20.1 Å². The van der Waals surface area contributed by atoms with Crippen LogP contribution in [0.3, 0.4) is 0 Å². The van der Waals surface area contributed by atoms with Crippen molar-refractivity contribution >= 4 is 58.3 Å². The Morgan fingerprint density at radius 1 is 0.625 bits per heavy atom. The van der Waals surface area contributed by atoms with Gasteiger partial charge in [0.1, 0.15) is 12.2 Å². The number of esters is 2. The van der Waals surface area contributed by atoms with Crippen molar-refractivity contribution in [3.63, 3.8) is 0 Å². The number of benzene rings is 1. The Kier molecular flexibility index (Phi) is 14.0. The lowest BCUT2D eigenvalue weighted by molar-refractivity contribution is 0.0219. The van der Waals surface area contributed by atoms with Crippen LogP contribution in [0, 0.1) is 0 Å². The zero-order valence-electron chi connectivity index (χ0n) is 19.4. The van der Waals surface area contributed by atoms with E-state index in [1.807, 2.05) is 13.8 Å². The van der Waals surface area contributed by atoms with E-state index in [0.29, 0.717) is 12.8 Å². The van der Waals surface area contributed by atoms with Crippen LogP contribution in [-0.4, -0.2) is 24.1 Å². The van der Waals surface area contributed by atoms with E-state index in [0.717, 1.165) is 51.4 Å². The minimum atomic E-state index is -0.759.